The summed E-state index contributed by atoms with van der Waals surface area (Å²) in [6.07, 6.45) is 5.33. The van der Waals surface area contributed by atoms with Gasteiger partial charge in [-0.1, -0.05) is 26.7 Å². The highest BCUT2D eigenvalue weighted by molar-refractivity contribution is 7.48. The van der Waals surface area contributed by atoms with Crippen molar-refractivity contribution in [3.63, 3.8) is 0 Å². The van der Waals surface area contributed by atoms with Gasteiger partial charge in [0.05, 0.1) is 19.8 Å². The molecule has 0 saturated carbocycles. The molecule has 21 heavy (non-hydrogen) atoms. The highest BCUT2D eigenvalue weighted by Crippen LogP contribution is 2.48. The SMILES string of the molecule is CCCCN(C)CCCC.CCOP(=O)(OCC)OCC. The summed E-state index contributed by atoms with van der Waals surface area (Å²) in [5, 5.41) is 0. The molecule has 0 aliphatic heterocycles. The van der Waals surface area contributed by atoms with Gasteiger partial charge in [0.25, 0.3) is 0 Å². The van der Waals surface area contributed by atoms with Crippen LogP contribution in [0.25, 0.3) is 0 Å². The molecule has 0 aromatic heterocycles. The molecular weight excluding hydrogens is 289 g/mol. The standard InChI is InChI=1S/C9H21N.C6H15O4P/c1-4-6-8-10(3)9-7-5-2;1-4-8-11(7,9-5-2)10-6-3/h4-9H2,1-3H3;4-6H2,1-3H3. The maximum absolute atomic E-state index is 11.3. The van der Waals surface area contributed by atoms with Crippen molar-refractivity contribution < 1.29 is 18.1 Å². The Balaban J connectivity index is 0. The third-order valence-electron chi connectivity index (χ3n) is 2.65. The summed E-state index contributed by atoms with van der Waals surface area (Å²) in [5.41, 5.74) is 0. The quantitative estimate of drug-likeness (QED) is 0.486. The predicted molar refractivity (Wildman–Crippen MR) is 89.8 cm³/mol. The van der Waals surface area contributed by atoms with Crippen molar-refractivity contribution in [1.29, 1.82) is 0 Å². The summed E-state index contributed by atoms with van der Waals surface area (Å²) < 4.78 is 25.8. The van der Waals surface area contributed by atoms with Crippen molar-refractivity contribution in [2.45, 2.75) is 60.3 Å². The van der Waals surface area contributed by atoms with Crippen LogP contribution >= 0.6 is 7.82 Å². The van der Waals surface area contributed by atoms with Gasteiger partial charge in [0.15, 0.2) is 0 Å². The molecule has 0 N–H and O–H groups in total. The lowest BCUT2D eigenvalue weighted by Gasteiger charge is -2.14. The summed E-state index contributed by atoms with van der Waals surface area (Å²) in [6.45, 7) is 13.3. The third kappa shape index (κ3) is 16.3. The first-order valence-corrected chi connectivity index (χ1v) is 9.67. The van der Waals surface area contributed by atoms with Crippen LogP contribution in [0.15, 0.2) is 0 Å². The van der Waals surface area contributed by atoms with Gasteiger partial charge in [0.1, 0.15) is 0 Å². The Morgan fingerprint density at radius 3 is 1.33 bits per heavy atom. The van der Waals surface area contributed by atoms with Crippen molar-refractivity contribution in [3.8, 4) is 0 Å². The molecule has 0 aliphatic rings. The molecule has 0 fully saturated rings. The second kappa shape index (κ2) is 16.4. The zero-order valence-corrected chi connectivity index (χ0v) is 15.8. The van der Waals surface area contributed by atoms with Gasteiger partial charge >= 0.3 is 7.82 Å². The second-order valence-corrected chi connectivity index (χ2v) is 6.38. The zero-order chi connectivity index (χ0) is 16.6. The molecule has 0 atom stereocenters. The molecule has 0 heterocycles. The fraction of sp³-hybridized carbons (Fsp3) is 1.00. The maximum atomic E-state index is 11.3. The van der Waals surface area contributed by atoms with Gasteiger partial charge in [-0.3, -0.25) is 13.6 Å². The maximum Gasteiger partial charge on any atom is 0.474 e. The Kier molecular flexibility index (Phi) is 18.3. The number of rotatable bonds is 12. The lowest BCUT2D eigenvalue weighted by Crippen LogP contribution is -2.20. The van der Waals surface area contributed by atoms with Crippen LogP contribution in [-0.4, -0.2) is 44.9 Å². The van der Waals surface area contributed by atoms with Gasteiger partial charge < -0.3 is 4.90 Å². The van der Waals surface area contributed by atoms with Crippen LogP contribution < -0.4 is 0 Å². The van der Waals surface area contributed by atoms with E-state index in [9.17, 15) is 4.57 Å². The van der Waals surface area contributed by atoms with Crippen molar-refractivity contribution in [2.24, 2.45) is 0 Å². The smallest absolute Gasteiger partial charge is 0.306 e. The van der Waals surface area contributed by atoms with Crippen LogP contribution in [0, 0.1) is 0 Å². The number of phosphoric acid groups is 1. The first-order chi connectivity index (χ1) is 9.99. The van der Waals surface area contributed by atoms with Crippen LogP contribution in [0.2, 0.25) is 0 Å². The molecule has 6 heteroatoms. The lowest BCUT2D eigenvalue weighted by molar-refractivity contribution is 0.126. The van der Waals surface area contributed by atoms with Crippen LogP contribution in [0.5, 0.6) is 0 Å². The lowest BCUT2D eigenvalue weighted by atomic mass is 10.3. The van der Waals surface area contributed by atoms with E-state index in [0.29, 0.717) is 19.8 Å². The van der Waals surface area contributed by atoms with Gasteiger partial charge in [0.2, 0.25) is 0 Å². The Hall–Kier alpha value is 0.0700. The molecule has 0 spiro atoms. The molecule has 0 unspecified atom stereocenters. The minimum Gasteiger partial charge on any atom is -0.306 e. The van der Waals surface area contributed by atoms with E-state index in [2.05, 4.69) is 25.8 Å². The molecule has 0 amide bonds. The fourth-order valence-corrected chi connectivity index (χ4v) is 2.73. The molecule has 130 valence electrons. The average Bonchev–Trinajstić information content (AvgIpc) is 2.44. The van der Waals surface area contributed by atoms with E-state index in [1.165, 1.54) is 38.8 Å². The highest BCUT2D eigenvalue weighted by atomic mass is 31.2. The van der Waals surface area contributed by atoms with Gasteiger partial charge in [0, 0.05) is 0 Å². The van der Waals surface area contributed by atoms with E-state index in [1.54, 1.807) is 20.8 Å². The normalized spacial score (nSPS) is 11.4. The number of unbranched alkanes of at least 4 members (excludes halogenated alkanes) is 2. The number of phosphoric ester groups is 1. The molecule has 0 aromatic carbocycles. The third-order valence-corrected chi connectivity index (χ3v) is 4.37. The van der Waals surface area contributed by atoms with Crippen molar-refractivity contribution >= 4 is 7.82 Å². The van der Waals surface area contributed by atoms with Crippen molar-refractivity contribution in [2.75, 3.05) is 40.0 Å². The Morgan fingerprint density at radius 2 is 1.10 bits per heavy atom. The molecule has 0 rings (SSSR count). The van der Waals surface area contributed by atoms with Gasteiger partial charge in [-0.25, -0.2) is 4.57 Å². The van der Waals surface area contributed by atoms with E-state index >= 15 is 0 Å². The fourth-order valence-electron chi connectivity index (χ4n) is 1.55. The van der Waals surface area contributed by atoms with Crippen molar-refractivity contribution in [1.82, 2.24) is 4.90 Å². The second-order valence-electron chi connectivity index (χ2n) is 4.71. The molecule has 0 radical (unpaired) electrons. The Bertz CT molecular complexity index is 220. The van der Waals surface area contributed by atoms with Crippen LogP contribution in [-0.2, 0) is 18.1 Å². The predicted octanol–water partition coefficient (Wildman–Crippen LogP) is 4.72. The molecule has 0 aliphatic carbocycles. The van der Waals surface area contributed by atoms with E-state index in [1.807, 2.05) is 0 Å². The number of nitrogens with zero attached hydrogens (tertiary/aromatic N) is 1. The van der Waals surface area contributed by atoms with Gasteiger partial charge in [-0.15, -0.1) is 0 Å². The summed E-state index contributed by atoms with van der Waals surface area (Å²) in [5.74, 6) is 0. The highest BCUT2D eigenvalue weighted by Gasteiger charge is 2.23. The van der Waals surface area contributed by atoms with E-state index in [-0.39, 0.29) is 0 Å². The van der Waals surface area contributed by atoms with E-state index in [0.717, 1.165) is 0 Å². The first kappa shape index (κ1) is 23.3. The minimum absolute atomic E-state index is 0.331. The first-order valence-electron chi connectivity index (χ1n) is 8.21. The molecule has 0 bridgehead atoms. The molecule has 5 nitrogen and oxygen atoms in total. The minimum atomic E-state index is -3.22. The van der Waals surface area contributed by atoms with E-state index < -0.39 is 7.82 Å². The zero-order valence-electron chi connectivity index (χ0n) is 14.9. The summed E-state index contributed by atoms with van der Waals surface area (Å²) in [4.78, 5) is 2.42. The Labute approximate surface area is 132 Å². The van der Waals surface area contributed by atoms with Crippen LogP contribution in [0.1, 0.15) is 60.3 Å². The number of hydrogen-bond acceptors (Lipinski definition) is 5. The topological polar surface area (TPSA) is 48.0 Å². The van der Waals surface area contributed by atoms with Gasteiger partial charge in [-0.05, 0) is 53.8 Å². The molecule has 0 saturated heterocycles. The molecular formula is C15H36NO4P. The number of hydrogen-bond donors (Lipinski definition) is 0. The van der Waals surface area contributed by atoms with Gasteiger partial charge in [-0.2, -0.15) is 0 Å². The Morgan fingerprint density at radius 1 is 0.762 bits per heavy atom. The average molecular weight is 325 g/mol. The summed E-state index contributed by atoms with van der Waals surface area (Å²) >= 11 is 0. The van der Waals surface area contributed by atoms with E-state index in [4.69, 9.17) is 13.6 Å². The largest absolute Gasteiger partial charge is 0.474 e. The van der Waals surface area contributed by atoms with Crippen LogP contribution in [0.3, 0.4) is 0 Å². The summed E-state index contributed by atoms with van der Waals surface area (Å²) in [7, 11) is -1.01. The van der Waals surface area contributed by atoms with Crippen LogP contribution in [0.4, 0.5) is 0 Å². The monoisotopic (exact) mass is 325 g/mol. The molecule has 0 aromatic rings. The summed E-state index contributed by atoms with van der Waals surface area (Å²) in [6, 6.07) is 0. The van der Waals surface area contributed by atoms with Crippen molar-refractivity contribution in [3.05, 3.63) is 0 Å².